The summed E-state index contributed by atoms with van der Waals surface area (Å²) in [5.41, 5.74) is 3.66. The van der Waals surface area contributed by atoms with Gasteiger partial charge in [0.25, 0.3) is 0 Å². The zero-order chi connectivity index (χ0) is 11.0. The van der Waals surface area contributed by atoms with E-state index in [1.807, 2.05) is 24.3 Å². The lowest BCUT2D eigenvalue weighted by Gasteiger charge is -2.11. The van der Waals surface area contributed by atoms with Gasteiger partial charge < -0.3 is 5.32 Å². The van der Waals surface area contributed by atoms with E-state index in [1.54, 1.807) is 0 Å². The summed E-state index contributed by atoms with van der Waals surface area (Å²) in [6, 6.07) is 15.3. The number of rotatable bonds is 1. The molecule has 1 aliphatic heterocycles. The molecule has 2 aromatic carbocycles. The highest BCUT2D eigenvalue weighted by atomic mass is 19.1. The summed E-state index contributed by atoms with van der Waals surface area (Å²) in [6.45, 7) is 0. The van der Waals surface area contributed by atoms with Gasteiger partial charge in [-0.15, -0.1) is 0 Å². The number of benzene rings is 2. The Balaban J connectivity index is 1.88. The third-order valence-electron chi connectivity index (χ3n) is 3.04. The Bertz CT molecular complexity index is 479. The van der Waals surface area contributed by atoms with Crippen LogP contribution in [-0.2, 0) is 6.42 Å². The molecule has 1 nitrogen and oxygen atoms in total. The quantitative estimate of drug-likeness (QED) is 0.764. The van der Waals surface area contributed by atoms with Gasteiger partial charge in [-0.05, 0) is 35.7 Å². The van der Waals surface area contributed by atoms with Crippen molar-refractivity contribution in [2.75, 3.05) is 5.32 Å². The molecule has 0 unspecified atom stereocenters. The third-order valence-corrected chi connectivity index (χ3v) is 3.04. The summed E-state index contributed by atoms with van der Waals surface area (Å²) in [7, 11) is 0. The van der Waals surface area contributed by atoms with Crippen LogP contribution in [0.2, 0.25) is 0 Å². The second kappa shape index (κ2) is 3.63. The smallest absolute Gasteiger partial charge is 0.123 e. The highest BCUT2D eigenvalue weighted by Crippen LogP contribution is 2.33. The molecule has 16 heavy (non-hydrogen) atoms. The minimum absolute atomic E-state index is 0.181. The number of hydrogen-bond acceptors (Lipinski definition) is 1. The second-order valence-corrected chi connectivity index (χ2v) is 4.11. The van der Waals surface area contributed by atoms with Crippen LogP contribution in [0.5, 0.6) is 0 Å². The summed E-state index contributed by atoms with van der Waals surface area (Å²) in [6.07, 6.45) is 0.974. The van der Waals surface area contributed by atoms with Gasteiger partial charge in [0.2, 0.25) is 0 Å². The van der Waals surface area contributed by atoms with Crippen LogP contribution in [0.1, 0.15) is 17.2 Å². The van der Waals surface area contributed by atoms with Crippen LogP contribution in [-0.4, -0.2) is 0 Å². The minimum Gasteiger partial charge on any atom is -0.378 e. The lowest BCUT2D eigenvalue weighted by atomic mass is 10.0. The van der Waals surface area contributed by atoms with E-state index in [0.29, 0.717) is 0 Å². The van der Waals surface area contributed by atoms with Crippen molar-refractivity contribution in [3.8, 4) is 0 Å². The van der Waals surface area contributed by atoms with Crippen LogP contribution < -0.4 is 5.32 Å². The molecule has 1 heterocycles. The predicted molar refractivity (Wildman–Crippen MR) is 62.9 cm³/mol. The lowest BCUT2D eigenvalue weighted by molar-refractivity contribution is 0.626. The monoisotopic (exact) mass is 213 g/mol. The molecule has 2 heteroatoms. The molecule has 0 fully saturated rings. The molecule has 1 N–H and O–H groups in total. The van der Waals surface area contributed by atoms with Gasteiger partial charge in [-0.3, -0.25) is 0 Å². The van der Waals surface area contributed by atoms with Gasteiger partial charge in [0.1, 0.15) is 5.82 Å². The molecule has 2 aromatic rings. The molecule has 0 bridgehead atoms. The zero-order valence-electron chi connectivity index (χ0n) is 8.78. The number of para-hydroxylation sites is 1. The van der Waals surface area contributed by atoms with Crippen LogP contribution in [0.4, 0.5) is 10.1 Å². The largest absolute Gasteiger partial charge is 0.378 e. The van der Waals surface area contributed by atoms with Crippen molar-refractivity contribution in [1.82, 2.24) is 0 Å². The van der Waals surface area contributed by atoms with Crippen molar-refractivity contribution in [3.05, 3.63) is 65.5 Å². The van der Waals surface area contributed by atoms with Gasteiger partial charge in [-0.2, -0.15) is 0 Å². The maximum Gasteiger partial charge on any atom is 0.123 e. The molecule has 0 amide bonds. The van der Waals surface area contributed by atoms with Crippen LogP contribution in [0, 0.1) is 5.82 Å². The fraction of sp³-hybridized carbons (Fsp3) is 0.143. The Morgan fingerprint density at radius 3 is 2.50 bits per heavy atom. The molecule has 80 valence electrons. The van der Waals surface area contributed by atoms with Crippen molar-refractivity contribution in [3.63, 3.8) is 0 Å². The van der Waals surface area contributed by atoms with E-state index in [-0.39, 0.29) is 11.9 Å². The summed E-state index contributed by atoms with van der Waals surface area (Å²) >= 11 is 0. The first-order valence-electron chi connectivity index (χ1n) is 5.43. The summed E-state index contributed by atoms with van der Waals surface area (Å²) in [5, 5.41) is 3.45. The van der Waals surface area contributed by atoms with E-state index in [2.05, 4.69) is 17.4 Å². The fourth-order valence-electron chi connectivity index (χ4n) is 2.19. The number of halogens is 1. The normalized spacial score (nSPS) is 17.9. The van der Waals surface area contributed by atoms with Gasteiger partial charge >= 0.3 is 0 Å². The van der Waals surface area contributed by atoms with Crippen molar-refractivity contribution in [1.29, 1.82) is 0 Å². The van der Waals surface area contributed by atoms with E-state index in [1.165, 1.54) is 23.4 Å². The zero-order valence-corrected chi connectivity index (χ0v) is 8.78. The van der Waals surface area contributed by atoms with Crippen LogP contribution >= 0.6 is 0 Å². The third kappa shape index (κ3) is 1.56. The molecule has 1 aliphatic rings. The van der Waals surface area contributed by atoms with Crippen LogP contribution in [0.15, 0.2) is 48.5 Å². The van der Waals surface area contributed by atoms with Gasteiger partial charge in [0.15, 0.2) is 0 Å². The topological polar surface area (TPSA) is 12.0 Å². The standard InChI is InChI=1S/C14H12FN/c15-12-7-5-10(6-8-12)14-9-11-3-1-2-4-13(11)16-14/h1-8,14,16H,9H2/t14-/m1/s1. The SMILES string of the molecule is Fc1ccc([C@H]2Cc3ccccc3N2)cc1. The lowest BCUT2D eigenvalue weighted by Crippen LogP contribution is -2.05. The average Bonchev–Trinajstić information content (AvgIpc) is 2.73. The van der Waals surface area contributed by atoms with Gasteiger partial charge in [-0.1, -0.05) is 30.3 Å². The Labute approximate surface area is 93.9 Å². The fourth-order valence-corrected chi connectivity index (χ4v) is 2.19. The Morgan fingerprint density at radius 2 is 1.75 bits per heavy atom. The molecule has 0 radical (unpaired) electrons. The first-order valence-corrected chi connectivity index (χ1v) is 5.43. The van der Waals surface area contributed by atoms with Crippen LogP contribution in [0.3, 0.4) is 0 Å². The van der Waals surface area contributed by atoms with Crippen LogP contribution in [0.25, 0.3) is 0 Å². The summed E-state index contributed by atoms with van der Waals surface area (Å²) < 4.78 is 12.8. The predicted octanol–water partition coefficient (Wildman–Crippen LogP) is 3.54. The number of anilines is 1. The van der Waals surface area contributed by atoms with E-state index < -0.39 is 0 Å². The van der Waals surface area contributed by atoms with E-state index >= 15 is 0 Å². The second-order valence-electron chi connectivity index (χ2n) is 4.11. The summed E-state index contributed by atoms with van der Waals surface area (Å²) in [4.78, 5) is 0. The van der Waals surface area contributed by atoms with Crippen molar-refractivity contribution < 1.29 is 4.39 Å². The molecule has 3 rings (SSSR count). The molecule has 0 aliphatic carbocycles. The maximum atomic E-state index is 12.8. The molecule has 0 saturated heterocycles. The van der Waals surface area contributed by atoms with E-state index in [0.717, 1.165) is 12.0 Å². The first kappa shape index (κ1) is 9.40. The average molecular weight is 213 g/mol. The Hall–Kier alpha value is -1.83. The van der Waals surface area contributed by atoms with Crippen molar-refractivity contribution in [2.24, 2.45) is 0 Å². The van der Waals surface area contributed by atoms with Gasteiger partial charge in [0.05, 0.1) is 6.04 Å². The molecular weight excluding hydrogens is 201 g/mol. The molecule has 0 saturated carbocycles. The van der Waals surface area contributed by atoms with Crippen molar-refractivity contribution in [2.45, 2.75) is 12.5 Å². The Kier molecular flexibility index (Phi) is 2.13. The Morgan fingerprint density at radius 1 is 1.00 bits per heavy atom. The molecule has 1 atom stereocenters. The molecular formula is C14H12FN. The molecule has 0 spiro atoms. The number of hydrogen-bond donors (Lipinski definition) is 1. The van der Waals surface area contributed by atoms with E-state index in [4.69, 9.17) is 0 Å². The molecule has 0 aromatic heterocycles. The maximum absolute atomic E-state index is 12.8. The van der Waals surface area contributed by atoms with E-state index in [9.17, 15) is 4.39 Å². The van der Waals surface area contributed by atoms with Crippen molar-refractivity contribution >= 4 is 5.69 Å². The van der Waals surface area contributed by atoms with Gasteiger partial charge in [-0.25, -0.2) is 4.39 Å². The minimum atomic E-state index is -0.181. The number of fused-ring (bicyclic) bond motifs is 1. The first-order chi connectivity index (χ1) is 7.83. The highest BCUT2D eigenvalue weighted by molar-refractivity contribution is 5.57. The number of nitrogens with one attached hydrogen (secondary N) is 1. The van der Waals surface area contributed by atoms with Gasteiger partial charge in [0, 0.05) is 5.69 Å². The highest BCUT2D eigenvalue weighted by Gasteiger charge is 2.20. The summed E-state index contributed by atoms with van der Waals surface area (Å²) in [5.74, 6) is -0.181.